The van der Waals surface area contributed by atoms with E-state index in [1.54, 1.807) is 6.07 Å². The summed E-state index contributed by atoms with van der Waals surface area (Å²) in [7, 11) is 0. The minimum Gasteiger partial charge on any atom is -0.507 e. The van der Waals surface area contributed by atoms with E-state index in [4.69, 9.17) is 0 Å². The van der Waals surface area contributed by atoms with Crippen LogP contribution in [0.25, 0.3) is 0 Å². The van der Waals surface area contributed by atoms with Crippen molar-refractivity contribution in [1.82, 2.24) is 0 Å². The van der Waals surface area contributed by atoms with E-state index in [0.29, 0.717) is 5.75 Å². The third-order valence-electron chi connectivity index (χ3n) is 2.40. The average Bonchev–Trinajstić information content (AvgIpc) is 2.19. The molecule has 0 saturated carbocycles. The second-order valence-electron chi connectivity index (χ2n) is 3.60. The molecular weight excluding hydrogens is 192 g/mol. The first-order valence-electron chi connectivity index (χ1n) is 5.25. The molecule has 0 aliphatic rings. The fourth-order valence-electron chi connectivity index (χ4n) is 1.52. The summed E-state index contributed by atoms with van der Waals surface area (Å²) >= 11 is 4.29. The van der Waals surface area contributed by atoms with Crippen LogP contribution in [0.1, 0.15) is 38.2 Å². The van der Waals surface area contributed by atoms with E-state index in [1.807, 2.05) is 12.1 Å². The molecule has 1 aromatic rings. The lowest BCUT2D eigenvalue weighted by molar-refractivity contribution is 0.460. The van der Waals surface area contributed by atoms with Crippen LogP contribution < -0.4 is 0 Å². The Kier molecular flexibility index (Phi) is 4.88. The van der Waals surface area contributed by atoms with Gasteiger partial charge in [0.05, 0.1) is 0 Å². The Hall–Kier alpha value is -0.630. The summed E-state index contributed by atoms with van der Waals surface area (Å²) in [4.78, 5) is 0.740. The Bertz CT molecular complexity index is 284. The third kappa shape index (κ3) is 3.26. The Balaban J connectivity index is 2.46. The van der Waals surface area contributed by atoms with Crippen molar-refractivity contribution in [2.45, 2.75) is 43.9 Å². The first-order chi connectivity index (χ1) is 6.75. The van der Waals surface area contributed by atoms with Gasteiger partial charge in [0.15, 0.2) is 0 Å². The van der Waals surface area contributed by atoms with E-state index in [2.05, 4.69) is 19.6 Å². The van der Waals surface area contributed by atoms with E-state index in [1.165, 1.54) is 25.7 Å². The van der Waals surface area contributed by atoms with Gasteiger partial charge in [-0.2, -0.15) is 0 Å². The van der Waals surface area contributed by atoms with Gasteiger partial charge in [0, 0.05) is 4.90 Å². The lowest BCUT2D eigenvalue weighted by Crippen LogP contribution is -1.88. The average molecular weight is 210 g/mol. The molecular formula is C12H18OS. The predicted molar refractivity (Wildman–Crippen MR) is 63.2 cm³/mol. The highest BCUT2D eigenvalue weighted by Gasteiger charge is 2.02. The number of unbranched alkanes of at least 4 members (excludes halogenated alkanes) is 3. The van der Waals surface area contributed by atoms with Crippen molar-refractivity contribution < 1.29 is 5.11 Å². The van der Waals surface area contributed by atoms with Gasteiger partial charge in [0.2, 0.25) is 0 Å². The molecule has 1 aromatic carbocycles. The van der Waals surface area contributed by atoms with Crippen molar-refractivity contribution in [2.75, 3.05) is 0 Å². The molecule has 0 aliphatic heterocycles. The second-order valence-corrected chi connectivity index (χ2v) is 4.04. The number of thiol groups is 1. The molecule has 0 aromatic heterocycles. The maximum Gasteiger partial charge on any atom is 0.129 e. The van der Waals surface area contributed by atoms with Crippen LogP contribution in [-0.2, 0) is 6.42 Å². The maximum atomic E-state index is 9.43. The Morgan fingerprint density at radius 1 is 1.21 bits per heavy atom. The molecule has 0 unspecified atom stereocenters. The molecule has 0 aliphatic carbocycles. The quantitative estimate of drug-likeness (QED) is 0.559. The van der Waals surface area contributed by atoms with Crippen LogP contribution in [0.3, 0.4) is 0 Å². The van der Waals surface area contributed by atoms with Gasteiger partial charge in [0.1, 0.15) is 5.75 Å². The van der Waals surface area contributed by atoms with E-state index >= 15 is 0 Å². The Labute approximate surface area is 91.6 Å². The van der Waals surface area contributed by atoms with Crippen molar-refractivity contribution in [3.05, 3.63) is 23.8 Å². The minimum absolute atomic E-state index is 0.293. The van der Waals surface area contributed by atoms with E-state index < -0.39 is 0 Å². The number of hydrogen-bond acceptors (Lipinski definition) is 2. The van der Waals surface area contributed by atoms with Crippen molar-refractivity contribution in [3.8, 4) is 5.75 Å². The first-order valence-corrected chi connectivity index (χ1v) is 5.70. The largest absolute Gasteiger partial charge is 0.507 e. The predicted octanol–water partition coefficient (Wildman–Crippen LogP) is 3.80. The molecule has 0 amide bonds. The van der Waals surface area contributed by atoms with E-state index in [0.717, 1.165) is 16.9 Å². The second kappa shape index (κ2) is 5.97. The van der Waals surface area contributed by atoms with Gasteiger partial charge in [-0.15, -0.1) is 12.6 Å². The summed E-state index contributed by atoms with van der Waals surface area (Å²) in [5.74, 6) is 0.293. The zero-order valence-electron chi connectivity index (χ0n) is 8.66. The molecule has 2 heteroatoms. The molecule has 0 bridgehead atoms. The highest BCUT2D eigenvalue weighted by Crippen LogP contribution is 2.26. The number of aryl methyl sites for hydroxylation is 1. The van der Waals surface area contributed by atoms with Gasteiger partial charge in [-0.3, -0.25) is 0 Å². The maximum absolute atomic E-state index is 9.43. The zero-order valence-corrected chi connectivity index (χ0v) is 9.56. The Morgan fingerprint density at radius 2 is 2.00 bits per heavy atom. The summed E-state index contributed by atoms with van der Waals surface area (Å²) in [6, 6.07) is 5.59. The standard InChI is InChI=1S/C12H18OS/c1-2-3-4-5-7-10-8-6-9-11(13)12(10)14/h6,8-9,13-14H,2-5,7H2,1H3. The van der Waals surface area contributed by atoms with Crippen LogP contribution in [-0.4, -0.2) is 5.11 Å². The molecule has 1 N–H and O–H groups in total. The fourth-order valence-corrected chi connectivity index (χ4v) is 1.78. The molecule has 0 fully saturated rings. The smallest absolute Gasteiger partial charge is 0.129 e. The van der Waals surface area contributed by atoms with E-state index in [-0.39, 0.29) is 0 Å². The van der Waals surface area contributed by atoms with Crippen LogP contribution in [0.2, 0.25) is 0 Å². The molecule has 0 radical (unpaired) electrons. The molecule has 0 spiro atoms. The lowest BCUT2D eigenvalue weighted by Gasteiger charge is -2.05. The molecule has 1 rings (SSSR count). The van der Waals surface area contributed by atoms with Crippen LogP contribution in [0.4, 0.5) is 0 Å². The fraction of sp³-hybridized carbons (Fsp3) is 0.500. The SMILES string of the molecule is CCCCCCc1cccc(O)c1S. The van der Waals surface area contributed by atoms with Crippen molar-refractivity contribution in [1.29, 1.82) is 0 Å². The van der Waals surface area contributed by atoms with Gasteiger partial charge >= 0.3 is 0 Å². The van der Waals surface area contributed by atoms with Crippen LogP contribution in [0.15, 0.2) is 23.1 Å². The summed E-state index contributed by atoms with van der Waals surface area (Å²) in [5, 5.41) is 9.43. The zero-order chi connectivity index (χ0) is 10.4. The summed E-state index contributed by atoms with van der Waals surface area (Å²) < 4.78 is 0. The Morgan fingerprint density at radius 3 is 2.71 bits per heavy atom. The van der Waals surface area contributed by atoms with Crippen molar-refractivity contribution in [3.63, 3.8) is 0 Å². The minimum atomic E-state index is 0.293. The monoisotopic (exact) mass is 210 g/mol. The number of aromatic hydroxyl groups is 1. The van der Waals surface area contributed by atoms with Crippen molar-refractivity contribution in [2.24, 2.45) is 0 Å². The van der Waals surface area contributed by atoms with Gasteiger partial charge in [-0.25, -0.2) is 0 Å². The van der Waals surface area contributed by atoms with Gasteiger partial charge in [-0.05, 0) is 24.5 Å². The molecule has 78 valence electrons. The molecule has 0 saturated heterocycles. The number of hydrogen-bond donors (Lipinski definition) is 2. The summed E-state index contributed by atoms with van der Waals surface area (Å²) in [6.07, 6.45) is 6.02. The van der Waals surface area contributed by atoms with Crippen molar-refractivity contribution >= 4 is 12.6 Å². The number of rotatable bonds is 5. The molecule has 0 heterocycles. The molecule has 0 atom stereocenters. The van der Waals surface area contributed by atoms with Crippen LogP contribution in [0, 0.1) is 0 Å². The third-order valence-corrected chi connectivity index (χ3v) is 2.91. The highest BCUT2D eigenvalue weighted by molar-refractivity contribution is 7.80. The van der Waals surface area contributed by atoms with Gasteiger partial charge < -0.3 is 5.11 Å². The molecule has 14 heavy (non-hydrogen) atoms. The topological polar surface area (TPSA) is 20.2 Å². The number of phenolic OH excluding ortho intramolecular Hbond substituents is 1. The van der Waals surface area contributed by atoms with E-state index in [9.17, 15) is 5.11 Å². The lowest BCUT2D eigenvalue weighted by atomic mass is 10.1. The number of phenols is 1. The normalized spacial score (nSPS) is 10.4. The number of benzene rings is 1. The van der Waals surface area contributed by atoms with Crippen LogP contribution >= 0.6 is 12.6 Å². The molecule has 1 nitrogen and oxygen atoms in total. The highest BCUT2D eigenvalue weighted by atomic mass is 32.1. The summed E-state index contributed by atoms with van der Waals surface area (Å²) in [5.41, 5.74) is 1.16. The summed E-state index contributed by atoms with van der Waals surface area (Å²) in [6.45, 7) is 2.21. The van der Waals surface area contributed by atoms with Gasteiger partial charge in [-0.1, -0.05) is 38.3 Å². The van der Waals surface area contributed by atoms with Gasteiger partial charge in [0.25, 0.3) is 0 Å². The van der Waals surface area contributed by atoms with Crippen LogP contribution in [0.5, 0.6) is 5.75 Å². The first kappa shape index (κ1) is 11.4.